The van der Waals surface area contributed by atoms with E-state index >= 15 is 0 Å². The van der Waals surface area contributed by atoms with Crippen molar-refractivity contribution in [2.45, 2.75) is 45.7 Å². The predicted octanol–water partition coefficient (Wildman–Crippen LogP) is 3.29. The Morgan fingerprint density at radius 3 is 2.88 bits per heavy atom. The Balaban J connectivity index is 1.64. The van der Waals surface area contributed by atoms with Gasteiger partial charge in [-0.05, 0) is 39.7 Å². The number of nitrogens with zero attached hydrogens (tertiary/aromatic N) is 5. The van der Waals surface area contributed by atoms with Gasteiger partial charge in [0.15, 0.2) is 11.4 Å². The van der Waals surface area contributed by atoms with E-state index in [4.69, 9.17) is 4.52 Å². The highest BCUT2D eigenvalue weighted by Gasteiger charge is 2.33. The van der Waals surface area contributed by atoms with Crippen LogP contribution in [-0.4, -0.2) is 37.3 Å². The van der Waals surface area contributed by atoms with Crippen molar-refractivity contribution in [1.82, 2.24) is 24.8 Å². The summed E-state index contributed by atoms with van der Waals surface area (Å²) in [7, 11) is 0. The molecule has 130 valence electrons. The fraction of sp³-hybridized carbons (Fsp3) is 0.444. The van der Waals surface area contributed by atoms with Gasteiger partial charge in [0.25, 0.3) is 5.91 Å². The number of rotatable bonds is 3. The lowest BCUT2D eigenvalue weighted by Crippen LogP contribution is -2.30. The second kappa shape index (κ2) is 5.98. The molecular formula is C18H21N5O2. The SMILES string of the molecule is Cc1cc(C2CCCN2C(=O)c2cnc3c(cnn3C(C)C)c2)on1. The molecule has 1 aliphatic rings. The highest BCUT2D eigenvalue weighted by Crippen LogP contribution is 2.33. The summed E-state index contributed by atoms with van der Waals surface area (Å²) in [5.41, 5.74) is 2.22. The lowest BCUT2D eigenvalue weighted by molar-refractivity contribution is 0.0714. The predicted molar refractivity (Wildman–Crippen MR) is 92.2 cm³/mol. The summed E-state index contributed by atoms with van der Waals surface area (Å²) in [4.78, 5) is 19.3. The van der Waals surface area contributed by atoms with Crippen molar-refractivity contribution in [2.75, 3.05) is 6.54 Å². The minimum absolute atomic E-state index is 0.0248. The van der Waals surface area contributed by atoms with E-state index in [9.17, 15) is 4.79 Å². The van der Waals surface area contributed by atoms with Gasteiger partial charge in [-0.1, -0.05) is 5.16 Å². The van der Waals surface area contributed by atoms with Crippen LogP contribution in [0.15, 0.2) is 29.0 Å². The van der Waals surface area contributed by atoms with Gasteiger partial charge in [-0.2, -0.15) is 5.10 Å². The van der Waals surface area contributed by atoms with E-state index in [1.807, 2.05) is 28.6 Å². The maximum Gasteiger partial charge on any atom is 0.256 e. The molecule has 4 rings (SSSR count). The molecule has 25 heavy (non-hydrogen) atoms. The Hall–Kier alpha value is -2.70. The molecule has 3 aromatic rings. The van der Waals surface area contributed by atoms with Crippen LogP contribution in [0.4, 0.5) is 0 Å². The smallest absolute Gasteiger partial charge is 0.256 e. The molecule has 1 amide bonds. The molecule has 1 fully saturated rings. The van der Waals surface area contributed by atoms with Crippen LogP contribution in [-0.2, 0) is 0 Å². The molecular weight excluding hydrogens is 318 g/mol. The van der Waals surface area contributed by atoms with Crippen molar-refractivity contribution in [3.63, 3.8) is 0 Å². The monoisotopic (exact) mass is 339 g/mol. The highest BCUT2D eigenvalue weighted by molar-refractivity contribution is 5.97. The fourth-order valence-electron chi connectivity index (χ4n) is 3.45. The first kappa shape index (κ1) is 15.8. The fourth-order valence-corrected chi connectivity index (χ4v) is 3.45. The first-order valence-electron chi connectivity index (χ1n) is 8.62. The number of hydrogen-bond donors (Lipinski definition) is 0. The average Bonchev–Trinajstić information content (AvgIpc) is 3.31. The summed E-state index contributed by atoms with van der Waals surface area (Å²) in [5.74, 6) is 0.730. The van der Waals surface area contributed by atoms with Crippen LogP contribution in [0.2, 0.25) is 0 Å². The third-order valence-electron chi connectivity index (χ3n) is 4.66. The van der Waals surface area contributed by atoms with Gasteiger partial charge in [-0.15, -0.1) is 0 Å². The summed E-state index contributed by atoms with van der Waals surface area (Å²) in [6.07, 6.45) is 5.26. The summed E-state index contributed by atoms with van der Waals surface area (Å²) in [6, 6.07) is 3.95. The van der Waals surface area contributed by atoms with Crippen LogP contribution >= 0.6 is 0 Å². The summed E-state index contributed by atoms with van der Waals surface area (Å²) < 4.78 is 7.25. The third-order valence-corrected chi connectivity index (χ3v) is 4.66. The van der Waals surface area contributed by atoms with Crippen LogP contribution in [0.5, 0.6) is 0 Å². The standard InChI is InChI=1S/C18H21N5O2/c1-11(2)23-17-13(10-20-23)8-14(9-19-17)18(24)22-6-4-5-15(22)16-7-12(3)21-25-16/h7-11,15H,4-6H2,1-3H3. The quantitative estimate of drug-likeness (QED) is 0.732. The molecule has 3 aromatic heterocycles. The molecule has 1 atom stereocenters. The average molecular weight is 339 g/mol. The topological polar surface area (TPSA) is 77.0 Å². The first-order valence-corrected chi connectivity index (χ1v) is 8.62. The van der Waals surface area contributed by atoms with Gasteiger partial charge in [-0.3, -0.25) is 4.79 Å². The zero-order valence-corrected chi connectivity index (χ0v) is 14.6. The number of aryl methyl sites for hydroxylation is 1. The van der Waals surface area contributed by atoms with Crippen LogP contribution < -0.4 is 0 Å². The molecule has 0 saturated carbocycles. The molecule has 0 bridgehead atoms. The molecule has 0 aromatic carbocycles. The summed E-state index contributed by atoms with van der Waals surface area (Å²) in [5, 5.41) is 9.20. The van der Waals surface area contributed by atoms with E-state index in [-0.39, 0.29) is 18.0 Å². The second-order valence-corrected chi connectivity index (χ2v) is 6.85. The third kappa shape index (κ3) is 2.69. The van der Waals surface area contributed by atoms with Gasteiger partial charge in [0, 0.05) is 30.2 Å². The van der Waals surface area contributed by atoms with Gasteiger partial charge in [0.1, 0.15) is 0 Å². The summed E-state index contributed by atoms with van der Waals surface area (Å²) >= 11 is 0. The van der Waals surface area contributed by atoms with Gasteiger partial charge >= 0.3 is 0 Å². The zero-order valence-electron chi connectivity index (χ0n) is 14.6. The summed E-state index contributed by atoms with van der Waals surface area (Å²) in [6.45, 7) is 6.72. The minimum Gasteiger partial charge on any atom is -0.359 e. The Labute approximate surface area is 145 Å². The molecule has 0 radical (unpaired) electrons. The zero-order chi connectivity index (χ0) is 17.6. The second-order valence-electron chi connectivity index (χ2n) is 6.85. The molecule has 1 aliphatic heterocycles. The Bertz CT molecular complexity index is 927. The molecule has 7 heteroatoms. The number of pyridine rings is 1. The van der Waals surface area contributed by atoms with E-state index in [0.29, 0.717) is 12.1 Å². The molecule has 1 unspecified atom stereocenters. The largest absolute Gasteiger partial charge is 0.359 e. The van der Waals surface area contributed by atoms with E-state index < -0.39 is 0 Å². The van der Waals surface area contributed by atoms with Gasteiger partial charge in [-0.25, -0.2) is 9.67 Å². The van der Waals surface area contributed by atoms with Crippen molar-refractivity contribution < 1.29 is 9.32 Å². The van der Waals surface area contributed by atoms with E-state index in [0.717, 1.165) is 35.3 Å². The molecule has 7 nitrogen and oxygen atoms in total. The molecule has 1 saturated heterocycles. The minimum atomic E-state index is -0.0530. The Morgan fingerprint density at radius 1 is 1.32 bits per heavy atom. The number of carbonyl (C=O) groups is 1. The maximum absolute atomic E-state index is 13.0. The van der Waals surface area contributed by atoms with Crippen molar-refractivity contribution in [3.8, 4) is 0 Å². The number of likely N-dealkylation sites (tertiary alicyclic amines) is 1. The van der Waals surface area contributed by atoms with Crippen molar-refractivity contribution in [3.05, 3.63) is 41.5 Å². The van der Waals surface area contributed by atoms with E-state index in [1.54, 1.807) is 12.4 Å². The van der Waals surface area contributed by atoms with Crippen molar-refractivity contribution >= 4 is 16.9 Å². The van der Waals surface area contributed by atoms with Crippen LogP contribution in [0, 0.1) is 6.92 Å². The Kier molecular flexibility index (Phi) is 3.78. The number of fused-ring (bicyclic) bond motifs is 1. The van der Waals surface area contributed by atoms with Crippen LogP contribution in [0.1, 0.15) is 60.6 Å². The molecule has 0 N–H and O–H groups in total. The molecule has 4 heterocycles. The van der Waals surface area contributed by atoms with Crippen LogP contribution in [0.25, 0.3) is 11.0 Å². The number of amides is 1. The number of aromatic nitrogens is 4. The lowest BCUT2D eigenvalue weighted by atomic mass is 10.1. The van der Waals surface area contributed by atoms with Crippen LogP contribution in [0.3, 0.4) is 0 Å². The molecule has 0 spiro atoms. The van der Waals surface area contributed by atoms with E-state index in [2.05, 4.69) is 29.1 Å². The maximum atomic E-state index is 13.0. The highest BCUT2D eigenvalue weighted by atomic mass is 16.5. The van der Waals surface area contributed by atoms with Crippen molar-refractivity contribution in [1.29, 1.82) is 0 Å². The van der Waals surface area contributed by atoms with E-state index in [1.165, 1.54) is 0 Å². The lowest BCUT2D eigenvalue weighted by Gasteiger charge is -2.22. The van der Waals surface area contributed by atoms with Crippen molar-refractivity contribution in [2.24, 2.45) is 0 Å². The van der Waals surface area contributed by atoms with Gasteiger partial charge in [0.2, 0.25) is 0 Å². The molecule has 0 aliphatic carbocycles. The van der Waals surface area contributed by atoms with Gasteiger partial charge in [0.05, 0.1) is 23.5 Å². The normalized spacial score (nSPS) is 17.8. The van der Waals surface area contributed by atoms with Gasteiger partial charge < -0.3 is 9.42 Å². The number of carbonyl (C=O) groups excluding carboxylic acids is 1. The Morgan fingerprint density at radius 2 is 2.16 bits per heavy atom. The first-order chi connectivity index (χ1) is 12.0. The number of hydrogen-bond acceptors (Lipinski definition) is 5.